The average Bonchev–Trinajstić information content (AvgIpc) is 2.72. The summed E-state index contributed by atoms with van der Waals surface area (Å²) in [4.78, 5) is 11.6. The van der Waals surface area contributed by atoms with Crippen LogP contribution in [0.5, 0.6) is 0 Å². The van der Waals surface area contributed by atoms with E-state index >= 15 is 0 Å². The van der Waals surface area contributed by atoms with Gasteiger partial charge in [-0.05, 0) is 25.2 Å². The third kappa shape index (κ3) is 2.44. The normalized spacial score (nSPS) is 30.1. The maximum absolute atomic E-state index is 12.0. The second-order valence-electron chi connectivity index (χ2n) is 4.42. The summed E-state index contributed by atoms with van der Waals surface area (Å²) in [5.41, 5.74) is 0. The van der Waals surface area contributed by atoms with Crippen LogP contribution in [0.15, 0.2) is 0 Å². The van der Waals surface area contributed by atoms with E-state index in [4.69, 9.17) is 4.74 Å². The second kappa shape index (κ2) is 4.89. The van der Waals surface area contributed by atoms with Crippen LogP contribution in [0, 0.1) is 5.92 Å². The summed E-state index contributed by atoms with van der Waals surface area (Å²) in [6.45, 7) is 0.0586. The van der Waals surface area contributed by atoms with Gasteiger partial charge in [0.1, 0.15) is 6.04 Å². The van der Waals surface area contributed by atoms with Gasteiger partial charge in [-0.3, -0.25) is 9.18 Å². The first-order valence-electron chi connectivity index (χ1n) is 5.78. The molecule has 0 aromatic carbocycles. The minimum Gasteiger partial charge on any atom is -0.464 e. The summed E-state index contributed by atoms with van der Waals surface area (Å²) in [6, 6.07) is -0.673. The highest BCUT2D eigenvalue weighted by Gasteiger charge is 2.47. The molecule has 98 valence electrons. The highest BCUT2D eigenvalue weighted by Crippen LogP contribution is 2.33. The minimum atomic E-state index is -3.53. The van der Waals surface area contributed by atoms with Crippen molar-refractivity contribution in [1.29, 1.82) is 0 Å². The molecular formula is C10H16FNO4S. The van der Waals surface area contributed by atoms with Crippen LogP contribution >= 0.6 is 0 Å². The number of hydrogen-bond donors (Lipinski definition) is 0. The van der Waals surface area contributed by atoms with Gasteiger partial charge in [-0.25, -0.2) is 8.42 Å². The van der Waals surface area contributed by atoms with E-state index in [1.807, 2.05) is 0 Å². The van der Waals surface area contributed by atoms with Gasteiger partial charge in [-0.1, -0.05) is 0 Å². The van der Waals surface area contributed by atoms with Crippen LogP contribution < -0.4 is 0 Å². The van der Waals surface area contributed by atoms with Crippen molar-refractivity contribution in [3.05, 3.63) is 0 Å². The summed E-state index contributed by atoms with van der Waals surface area (Å²) < 4.78 is 42.0. The number of nitrogens with zero attached hydrogens (tertiary/aromatic N) is 1. The van der Waals surface area contributed by atoms with Crippen molar-refractivity contribution in [2.45, 2.75) is 25.3 Å². The lowest BCUT2D eigenvalue weighted by molar-refractivity contribution is -0.153. The predicted molar refractivity (Wildman–Crippen MR) is 58.6 cm³/mol. The fourth-order valence-electron chi connectivity index (χ4n) is 2.50. The van der Waals surface area contributed by atoms with Gasteiger partial charge in [0.15, 0.2) is 0 Å². The van der Waals surface area contributed by atoms with E-state index in [1.54, 1.807) is 0 Å². The van der Waals surface area contributed by atoms with Crippen molar-refractivity contribution in [2.24, 2.45) is 5.92 Å². The molecule has 0 bridgehead atoms. The van der Waals surface area contributed by atoms with E-state index in [0.717, 1.165) is 0 Å². The molecule has 2 saturated heterocycles. The SMILES string of the molecule is O=C1OCCC2CCN(S(=O)(=O)CCCF)C12. The number of halogens is 1. The topological polar surface area (TPSA) is 63.7 Å². The molecule has 0 radical (unpaired) electrons. The van der Waals surface area contributed by atoms with Gasteiger partial charge in [-0.15, -0.1) is 0 Å². The van der Waals surface area contributed by atoms with Crippen molar-refractivity contribution in [2.75, 3.05) is 25.6 Å². The van der Waals surface area contributed by atoms with Crippen molar-refractivity contribution in [3.63, 3.8) is 0 Å². The Balaban J connectivity index is 2.13. The van der Waals surface area contributed by atoms with E-state index in [-0.39, 0.29) is 18.1 Å². The number of ether oxygens (including phenoxy) is 1. The zero-order valence-electron chi connectivity index (χ0n) is 9.47. The molecule has 5 nitrogen and oxygen atoms in total. The standard InChI is InChI=1S/C10H16FNO4S/c11-4-1-7-17(14,15)12-5-2-8-3-6-16-10(13)9(8)12/h8-9H,1-7H2. The van der Waals surface area contributed by atoms with Crippen molar-refractivity contribution < 1.29 is 22.3 Å². The molecule has 2 unspecified atom stereocenters. The van der Waals surface area contributed by atoms with Gasteiger partial charge in [0.05, 0.1) is 19.0 Å². The van der Waals surface area contributed by atoms with E-state index in [1.165, 1.54) is 4.31 Å². The Morgan fingerprint density at radius 2 is 2.18 bits per heavy atom. The molecule has 0 aromatic rings. The first kappa shape index (κ1) is 12.8. The predicted octanol–water partition coefficient (Wildman–Crippen LogP) is 0.313. The zero-order chi connectivity index (χ0) is 12.5. The monoisotopic (exact) mass is 265 g/mol. The minimum absolute atomic E-state index is 0.0226. The van der Waals surface area contributed by atoms with Crippen LogP contribution in [0.3, 0.4) is 0 Å². The molecule has 0 amide bonds. The van der Waals surface area contributed by atoms with E-state index in [2.05, 4.69) is 0 Å². The summed E-state index contributed by atoms with van der Waals surface area (Å²) >= 11 is 0. The number of carbonyl (C=O) groups excluding carboxylic acids is 1. The van der Waals surface area contributed by atoms with Gasteiger partial charge in [-0.2, -0.15) is 4.31 Å². The van der Waals surface area contributed by atoms with E-state index in [9.17, 15) is 17.6 Å². The quantitative estimate of drug-likeness (QED) is 0.686. The molecule has 7 heteroatoms. The molecule has 2 aliphatic heterocycles. The fraction of sp³-hybridized carbons (Fsp3) is 0.900. The van der Waals surface area contributed by atoms with Crippen LogP contribution in [0.2, 0.25) is 0 Å². The molecule has 2 heterocycles. The van der Waals surface area contributed by atoms with Gasteiger partial charge in [0.25, 0.3) is 0 Å². The van der Waals surface area contributed by atoms with Crippen LogP contribution in [0.1, 0.15) is 19.3 Å². The maximum Gasteiger partial charge on any atom is 0.324 e. The summed E-state index contributed by atoms with van der Waals surface area (Å²) in [6.07, 6.45) is 1.38. The highest BCUT2D eigenvalue weighted by atomic mass is 32.2. The first-order chi connectivity index (χ1) is 8.06. The Morgan fingerprint density at radius 1 is 1.41 bits per heavy atom. The fourth-order valence-corrected chi connectivity index (χ4v) is 4.20. The van der Waals surface area contributed by atoms with Gasteiger partial charge in [0.2, 0.25) is 10.0 Å². The highest BCUT2D eigenvalue weighted by molar-refractivity contribution is 7.89. The van der Waals surface area contributed by atoms with Crippen LogP contribution in [0.25, 0.3) is 0 Å². The van der Waals surface area contributed by atoms with Gasteiger partial charge < -0.3 is 4.74 Å². The molecule has 0 spiro atoms. The number of carbonyl (C=O) groups is 1. The Hall–Kier alpha value is -0.690. The lowest BCUT2D eigenvalue weighted by Gasteiger charge is -2.29. The lowest BCUT2D eigenvalue weighted by Crippen LogP contribution is -2.47. The summed E-state index contributed by atoms with van der Waals surface area (Å²) in [5.74, 6) is -0.626. The number of hydrogen-bond acceptors (Lipinski definition) is 4. The number of rotatable bonds is 4. The van der Waals surface area contributed by atoms with Crippen LogP contribution in [-0.4, -0.2) is 50.3 Å². The largest absolute Gasteiger partial charge is 0.464 e. The van der Waals surface area contributed by atoms with E-state index in [0.29, 0.717) is 26.0 Å². The van der Waals surface area contributed by atoms with Crippen LogP contribution in [0.4, 0.5) is 4.39 Å². The molecule has 2 aliphatic rings. The molecule has 2 fully saturated rings. The van der Waals surface area contributed by atoms with Gasteiger partial charge >= 0.3 is 5.97 Å². The van der Waals surface area contributed by atoms with Gasteiger partial charge in [0, 0.05) is 6.54 Å². The number of sulfonamides is 1. The van der Waals surface area contributed by atoms with Crippen molar-refractivity contribution in [1.82, 2.24) is 4.31 Å². The lowest BCUT2D eigenvalue weighted by atomic mass is 9.96. The number of cyclic esters (lactones) is 1. The molecular weight excluding hydrogens is 249 g/mol. The molecule has 2 rings (SSSR count). The smallest absolute Gasteiger partial charge is 0.324 e. The average molecular weight is 265 g/mol. The maximum atomic E-state index is 12.0. The Bertz CT molecular complexity index is 397. The molecule has 2 atom stereocenters. The Labute approximate surface area is 100.0 Å². The zero-order valence-corrected chi connectivity index (χ0v) is 10.3. The first-order valence-corrected chi connectivity index (χ1v) is 7.39. The Morgan fingerprint density at radius 3 is 2.88 bits per heavy atom. The van der Waals surface area contributed by atoms with Crippen LogP contribution in [-0.2, 0) is 19.6 Å². The molecule has 0 aromatic heterocycles. The number of esters is 1. The van der Waals surface area contributed by atoms with Crippen molar-refractivity contribution >= 4 is 16.0 Å². The van der Waals surface area contributed by atoms with Crippen molar-refractivity contribution in [3.8, 4) is 0 Å². The molecule has 17 heavy (non-hydrogen) atoms. The number of alkyl halides is 1. The van der Waals surface area contributed by atoms with E-state index < -0.39 is 28.7 Å². The molecule has 0 saturated carbocycles. The summed E-state index contributed by atoms with van der Waals surface area (Å²) in [7, 11) is -3.53. The Kier molecular flexibility index (Phi) is 3.67. The summed E-state index contributed by atoms with van der Waals surface area (Å²) in [5, 5.41) is 0. The number of fused-ring (bicyclic) bond motifs is 1. The third-order valence-electron chi connectivity index (χ3n) is 3.34. The molecule has 0 N–H and O–H groups in total. The third-order valence-corrected chi connectivity index (χ3v) is 5.27. The molecule has 0 aliphatic carbocycles. The second-order valence-corrected chi connectivity index (χ2v) is 6.46.